The monoisotopic (exact) mass is 402 g/mol. The topological polar surface area (TPSA) is 45.2 Å². The van der Waals surface area contributed by atoms with Gasteiger partial charge in [-0.1, -0.05) is 32.9 Å². The Balaban J connectivity index is 1.23. The van der Waals surface area contributed by atoms with E-state index in [0.29, 0.717) is 24.7 Å². The fourth-order valence-electron chi connectivity index (χ4n) is 6.02. The van der Waals surface area contributed by atoms with Crippen LogP contribution in [0.5, 0.6) is 5.75 Å². The van der Waals surface area contributed by atoms with E-state index in [-0.39, 0.29) is 5.41 Å². The number of anilines is 1. The normalized spacial score (nSPS) is 32.5. The maximum Gasteiger partial charge on any atom is 0.142 e. The second-order valence-electron chi connectivity index (χ2n) is 10.0. The minimum Gasteiger partial charge on any atom is -0.495 e. The van der Waals surface area contributed by atoms with E-state index in [9.17, 15) is 5.11 Å². The van der Waals surface area contributed by atoms with E-state index in [4.69, 9.17) is 9.47 Å². The van der Waals surface area contributed by atoms with Crippen molar-refractivity contribution in [3.63, 3.8) is 0 Å². The summed E-state index contributed by atoms with van der Waals surface area (Å²) in [6.45, 7) is 12.2. The highest BCUT2D eigenvalue weighted by Crippen LogP contribution is 2.66. The number of piperazine rings is 1. The number of ether oxygens (including phenoxy) is 2. The van der Waals surface area contributed by atoms with Crippen LogP contribution in [0.1, 0.15) is 40.0 Å². The number of methoxy groups -OCH3 is 1. The summed E-state index contributed by atoms with van der Waals surface area (Å²) in [5.74, 6) is 1.70. The minimum absolute atomic E-state index is 0.262. The maximum absolute atomic E-state index is 10.6. The largest absolute Gasteiger partial charge is 0.495 e. The van der Waals surface area contributed by atoms with Crippen LogP contribution in [0.4, 0.5) is 5.69 Å². The number of nitrogens with zero attached hydrogens (tertiary/aromatic N) is 2. The van der Waals surface area contributed by atoms with Crippen LogP contribution in [0, 0.1) is 16.7 Å². The molecule has 1 heterocycles. The number of para-hydroxylation sites is 2. The Morgan fingerprint density at radius 3 is 2.48 bits per heavy atom. The molecule has 1 saturated heterocycles. The molecule has 0 amide bonds. The van der Waals surface area contributed by atoms with Crippen molar-refractivity contribution >= 4 is 5.69 Å². The SMILES string of the molecule is COc1ccccc1N1CCN(C[C@@H](O)CO[C@@H]2C[C@H]3CC[C@@]2(C)C3(C)C)CC1. The van der Waals surface area contributed by atoms with Gasteiger partial charge < -0.3 is 19.5 Å². The third-order valence-electron chi connectivity index (χ3n) is 8.47. The number of hydrogen-bond donors (Lipinski definition) is 1. The summed E-state index contributed by atoms with van der Waals surface area (Å²) in [6, 6.07) is 8.20. The predicted molar refractivity (Wildman–Crippen MR) is 117 cm³/mol. The third kappa shape index (κ3) is 3.77. The van der Waals surface area contributed by atoms with Crippen LogP contribution in [0.3, 0.4) is 0 Å². The first-order chi connectivity index (χ1) is 13.8. The molecule has 4 rings (SSSR count). The van der Waals surface area contributed by atoms with Gasteiger partial charge in [0, 0.05) is 32.7 Å². The van der Waals surface area contributed by atoms with Gasteiger partial charge in [0.15, 0.2) is 0 Å². The second kappa shape index (κ2) is 8.09. The molecule has 0 spiro atoms. The molecule has 1 aliphatic heterocycles. The first-order valence-corrected chi connectivity index (χ1v) is 11.2. The maximum atomic E-state index is 10.6. The van der Waals surface area contributed by atoms with Crippen molar-refractivity contribution in [3.05, 3.63) is 24.3 Å². The standard InChI is InChI=1S/C24H38N2O3/c1-23(2)18-9-10-24(23,3)22(15-18)29-17-19(27)16-25-11-13-26(14-12-25)20-7-5-6-8-21(20)28-4/h5-8,18-19,22,27H,9-17H2,1-4H3/t18-,19-,22-,24-/m1/s1. The highest BCUT2D eigenvalue weighted by molar-refractivity contribution is 5.58. The van der Waals surface area contributed by atoms with Crippen molar-refractivity contribution in [2.24, 2.45) is 16.7 Å². The molecule has 3 fully saturated rings. The number of rotatable bonds is 7. The van der Waals surface area contributed by atoms with Gasteiger partial charge in [-0.15, -0.1) is 0 Å². The lowest BCUT2D eigenvalue weighted by atomic mass is 9.70. The van der Waals surface area contributed by atoms with Gasteiger partial charge in [-0.25, -0.2) is 0 Å². The molecule has 1 aromatic rings. The molecule has 0 unspecified atom stereocenters. The molecule has 2 bridgehead atoms. The number of β-amino-alcohol motifs (C(OH)–C–C–N with tert-alkyl or cyclic N) is 1. The number of aliphatic hydroxyl groups excluding tert-OH is 1. The van der Waals surface area contributed by atoms with E-state index < -0.39 is 6.10 Å². The van der Waals surface area contributed by atoms with Crippen molar-refractivity contribution in [1.29, 1.82) is 0 Å². The Kier molecular flexibility index (Phi) is 5.84. The predicted octanol–water partition coefficient (Wildman–Crippen LogP) is 3.41. The molecule has 0 radical (unpaired) electrons. The quantitative estimate of drug-likeness (QED) is 0.757. The van der Waals surface area contributed by atoms with Crippen LogP contribution in [-0.4, -0.2) is 68.7 Å². The third-order valence-corrected chi connectivity index (χ3v) is 8.47. The fraction of sp³-hybridized carbons (Fsp3) is 0.750. The molecule has 5 nitrogen and oxygen atoms in total. The lowest BCUT2D eigenvalue weighted by Gasteiger charge is -2.40. The molecule has 162 valence electrons. The average molecular weight is 403 g/mol. The van der Waals surface area contributed by atoms with Crippen LogP contribution < -0.4 is 9.64 Å². The molecule has 3 aliphatic rings. The van der Waals surface area contributed by atoms with E-state index in [1.54, 1.807) is 7.11 Å². The second-order valence-corrected chi connectivity index (χ2v) is 10.0. The summed E-state index contributed by atoms with van der Waals surface area (Å²) < 4.78 is 11.8. The molecule has 1 N–H and O–H groups in total. The number of fused-ring (bicyclic) bond motifs is 2. The van der Waals surface area contributed by atoms with Crippen LogP contribution >= 0.6 is 0 Å². The summed E-state index contributed by atoms with van der Waals surface area (Å²) in [5, 5.41) is 10.6. The molecule has 5 heteroatoms. The fourth-order valence-corrected chi connectivity index (χ4v) is 6.02. The number of benzene rings is 1. The zero-order valence-corrected chi connectivity index (χ0v) is 18.6. The van der Waals surface area contributed by atoms with Gasteiger partial charge in [0.2, 0.25) is 0 Å². The van der Waals surface area contributed by atoms with Gasteiger partial charge in [0.05, 0.1) is 31.6 Å². The Bertz CT molecular complexity index is 701. The van der Waals surface area contributed by atoms with E-state index in [1.165, 1.54) is 12.8 Å². The molecule has 2 aliphatic carbocycles. The van der Waals surface area contributed by atoms with Crippen molar-refractivity contribution in [1.82, 2.24) is 4.90 Å². The Labute approximate surface area is 176 Å². The first-order valence-electron chi connectivity index (χ1n) is 11.2. The summed E-state index contributed by atoms with van der Waals surface area (Å²) >= 11 is 0. The Morgan fingerprint density at radius 2 is 1.86 bits per heavy atom. The van der Waals surface area contributed by atoms with E-state index >= 15 is 0 Å². The Morgan fingerprint density at radius 1 is 1.14 bits per heavy atom. The van der Waals surface area contributed by atoms with E-state index in [2.05, 4.69) is 42.7 Å². The molecular weight excluding hydrogens is 364 g/mol. The van der Waals surface area contributed by atoms with Crippen molar-refractivity contribution < 1.29 is 14.6 Å². The molecule has 29 heavy (non-hydrogen) atoms. The zero-order valence-electron chi connectivity index (χ0n) is 18.6. The molecule has 0 aromatic heterocycles. The van der Waals surface area contributed by atoms with E-state index in [0.717, 1.165) is 50.0 Å². The van der Waals surface area contributed by atoms with Crippen LogP contribution in [0.15, 0.2) is 24.3 Å². The molecule has 2 saturated carbocycles. The number of hydrogen-bond acceptors (Lipinski definition) is 5. The summed E-state index contributed by atoms with van der Waals surface area (Å²) in [7, 11) is 1.73. The van der Waals surface area contributed by atoms with Crippen LogP contribution in [-0.2, 0) is 4.74 Å². The van der Waals surface area contributed by atoms with Crippen molar-refractivity contribution in [2.75, 3.05) is 51.3 Å². The summed E-state index contributed by atoms with van der Waals surface area (Å²) in [4.78, 5) is 4.72. The van der Waals surface area contributed by atoms with Gasteiger partial charge in [-0.3, -0.25) is 4.90 Å². The van der Waals surface area contributed by atoms with Crippen molar-refractivity contribution in [2.45, 2.75) is 52.2 Å². The lowest BCUT2D eigenvalue weighted by molar-refractivity contribution is -0.0794. The minimum atomic E-state index is -0.418. The summed E-state index contributed by atoms with van der Waals surface area (Å²) in [6.07, 6.45) is 3.64. The van der Waals surface area contributed by atoms with Gasteiger partial charge in [-0.2, -0.15) is 0 Å². The van der Waals surface area contributed by atoms with Gasteiger partial charge in [0.1, 0.15) is 5.75 Å². The molecule has 1 aromatic carbocycles. The van der Waals surface area contributed by atoms with Gasteiger partial charge in [0.25, 0.3) is 0 Å². The van der Waals surface area contributed by atoms with Crippen LogP contribution in [0.2, 0.25) is 0 Å². The summed E-state index contributed by atoms with van der Waals surface area (Å²) in [5.41, 5.74) is 1.78. The highest BCUT2D eigenvalue weighted by Gasteiger charge is 2.61. The molecule has 4 atom stereocenters. The smallest absolute Gasteiger partial charge is 0.142 e. The highest BCUT2D eigenvalue weighted by atomic mass is 16.5. The average Bonchev–Trinajstić information content (AvgIpc) is 3.06. The van der Waals surface area contributed by atoms with Gasteiger partial charge in [-0.05, 0) is 48.1 Å². The van der Waals surface area contributed by atoms with Gasteiger partial charge >= 0.3 is 0 Å². The van der Waals surface area contributed by atoms with Crippen molar-refractivity contribution in [3.8, 4) is 5.75 Å². The zero-order chi connectivity index (χ0) is 20.6. The van der Waals surface area contributed by atoms with Crippen LogP contribution in [0.25, 0.3) is 0 Å². The molecular formula is C24H38N2O3. The number of aliphatic hydroxyl groups is 1. The lowest BCUT2D eigenvalue weighted by Crippen LogP contribution is -2.49. The Hall–Kier alpha value is -1.30. The first kappa shape index (κ1) is 21.0. The van der Waals surface area contributed by atoms with E-state index in [1.807, 2.05) is 12.1 Å².